The third-order valence-electron chi connectivity index (χ3n) is 7.75. The van der Waals surface area contributed by atoms with Gasteiger partial charge in [-0.05, 0) is 74.9 Å². The first-order valence-corrected chi connectivity index (χ1v) is 11.4. The molecule has 0 amide bonds. The van der Waals surface area contributed by atoms with Crippen molar-refractivity contribution >= 4 is 23.3 Å². The maximum Gasteiger partial charge on any atom is 0.155 e. The van der Waals surface area contributed by atoms with Crippen molar-refractivity contribution in [2.24, 2.45) is 22.7 Å². The van der Waals surface area contributed by atoms with E-state index in [-0.39, 0.29) is 10.8 Å². The Morgan fingerprint density at radius 3 is 2.84 bits per heavy atom. The highest BCUT2D eigenvalue weighted by Crippen LogP contribution is 2.63. The summed E-state index contributed by atoms with van der Waals surface area (Å²) in [5.41, 5.74) is 3.07. The number of thioether (sulfide) groups is 1. The van der Waals surface area contributed by atoms with Gasteiger partial charge in [0.25, 0.3) is 0 Å². The average Bonchev–Trinajstić information content (AvgIpc) is 2.91. The zero-order valence-electron chi connectivity index (χ0n) is 15.6. The van der Waals surface area contributed by atoms with Gasteiger partial charge in [-0.3, -0.25) is 9.59 Å². The van der Waals surface area contributed by atoms with Crippen molar-refractivity contribution in [1.82, 2.24) is 0 Å². The Morgan fingerprint density at radius 2 is 2.04 bits per heavy atom. The number of rotatable bonds is 4. The third kappa shape index (κ3) is 2.60. The molecule has 4 rings (SSSR count). The van der Waals surface area contributed by atoms with E-state index in [4.69, 9.17) is 0 Å². The lowest BCUT2D eigenvalue weighted by atomic mass is 9.50. The molecule has 136 valence electrons. The van der Waals surface area contributed by atoms with E-state index in [1.165, 1.54) is 24.2 Å². The summed E-state index contributed by atoms with van der Waals surface area (Å²) in [6.07, 6.45) is 15.7. The van der Waals surface area contributed by atoms with Crippen molar-refractivity contribution in [3.63, 3.8) is 0 Å². The van der Waals surface area contributed by atoms with E-state index in [1.54, 1.807) is 5.57 Å². The van der Waals surface area contributed by atoms with Crippen molar-refractivity contribution in [2.45, 2.75) is 64.7 Å². The summed E-state index contributed by atoms with van der Waals surface area (Å²) in [7, 11) is 0. The minimum absolute atomic E-state index is 0.111. The van der Waals surface area contributed by atoms with Gasteiger partial charge < -0.3 is 0 Å². The highest BCUT2D eigenvalue weighted by atomic mass is 32.2. The molecule has 4 atom stereocenters. The van der Waals surface area contributed by atoms with E-state index in [0.717, 1.165) is 38.5 Å². The van der Waals surface area contributed by atoms with Gasteiger partial charge in [0.15, 0.2) is 5.78 Å². The fourth-order valence-corrected chi connectivity index (χ4v) is 6.84. The second kappa shape index (κ2) is 6.40. The predicted molar refractivity (Wildman–Crippen MR) is 104 cm³/mol. The molecule has 0 unspecified atom stereocenters. The molecule has 0 aromatic heterocycles. The lowest BCUT2D eigenvalue weighted by Gasteiger charge is -2.53. The Morgan fingerprint density at radius 1 is 1.20 bits per heavy atom. The molecular weight excluding hydrogens is 328 g/mol. The van der Waals surface area contributed by atoms with Crippen LogP contribution in [0.4, 0.5) is 0 Å². The van der Waals surface area contributed by atoms with Crippen LogP contribution in [0.3, 0.4) is 0 Å². The molecule has 25 heavy (non-hydrogen) atoms. The first-order chi connectivity index (χ1) is 12.0. The number of hydrogen-bond donors (Lipinski definition) is 0. The standard InChI is InChI=1S/C22H30O2S/c1-21-11-9-19-17(18(21)6-7-20(21)24)5-4-15-14-16(23)8-12-22(15,19)10-3-13-25-2/h9,14,17-18H,3-8,10-13H2,1-2H3/t17-,18-,21-,22-/m0/s1. The summed E-state index contributed by atoms with van der Waals surface area (Å²) in [5.74, 6) is 3.12. The molecular formula is C22H30O2S. The molecule has 3 heteroatoms. The summed E-state index contributed by atoms with van der Waals surface area (Å²) >= 11 is 1.92. The second-order valence-electron chi connectivity index (χ2n) is 8.81. The number of carbonyl (C=O) groups is 2. The van der Waals surface area contributed by atoms with Crippen molar-refractivity contribution in [3.8, 4) is 0 Å². The van der Waals surface area contributed by atoms with Crippen molar-refractivity contribution in [1.29, 1.82) is 0 Å². The quantitative estimate of drug-likeness (QED) is 0.516. The molecule has 0 aromatic rings. The molecule has 0 heterocycles. The summed E-state index contributed by atoms with van der Waals surface area (Å²) in [6.45, 7) is 2.22. The first-order valence-electron chi connectivity index (χ1n) is 9.98. The lowest BCUT2D eigenvalue weighted by molar-refractivity contribution is -0.127. The maximum absolute atomic E-state index is 12.5. The molecule has 2 nitrogen and oxygen atoms in total. The molecule has 0 bridgehead atoms. The monoisotopic (exact) mass is 358 g/mol. The Balaban J connectivity index is 1.73. The minimum Gasteiger partial charge on any atom is -0.299 e. The average molecular weight is 359 g/mol. The van der Waals surface area contributed by atoms with E-state index in [0.29, 0.717) is 29.8 Å². The smallest absolute Gasteiger partial charge is 0.155 e. The van der Waals surface area contributed by atoms with Gasteiger partial charge in [0.1, 0.15) is 5.78 Å². The maximum atomic E-state index is 12.5. The molecule has 4 aliphatic rings. The summed E-state index contributed by atoms with van der Waals surface area (Å²) in [6, 6.07) is 0. The number of Topliss-reactive ketones (excluding diaryl/α,β-unsaturated/α-hetero) is 1. The summed E-state index contributed by atoms with van der Waals surface area (Å²) in [4.78, 5) is 24.6. The number of carbonyl (C=O) groups excluding carboxylic acids is 2. The van der Waals surface area contributed by atoms with Gasteiger partial charge in [-0.25, -0.2) is 0 Å². The van der Waals surface area contributed by atoms with Crippen LogP contribution in [-0.2, 0) is 9.59 Å². The van der Waals surface area contributed by atoms with E-state index in [9.17, 15) is 9.59 Å². The molecule has 0 aromatic carbocycles. The molecule has 0 N–H and O–H groups in total. The Bertz CT molecular complexity index is 661. The number of fused-ring (bicyclic) bond motifs is 5. The zero-order valence-corrected chi connectivity index (χ0v) is 16.4. The van der Waals surface area contributed by atoms with Crippen LogP contribution in [0.2, 0.25) is 0 Å². The molecule has 4 aliphatic carbocycles. The van der Waals surface area contributed by atoms with Crippen LogP contribution in [0.15, 0.2) is 23.3 Å². The molecule has 2 fully saturated rings. The van der Waals surface area contributed by atoms with Gasteiger partial charge in [-0.1, -0.05) is 24.1 Å². The Kier molecular flexibility index (Phi) is 4.50. The zero-order chi connectivity index (χ0) is 17.7. The normalized spacial score (nSPS) is 40.1. The van der Waals surface area contributed by atoms with Crippen LogP contribution in [0.5, 0.6) is 0 Å². The van der Waals surface area contributed by atoms with Crippen molar-refractivity contribution in [3.05, 3.63) is 23.3 Å². The van der Waals surface area contributed by atoms with Crippen LogP contribution in [0.25, 0.3) is 0 Å². The fourth-order valence-electron chi connectivity index (χ4n) is 6.41. The number of hydrogen-bond acceptors (Lipinski definition) is 3. The SMILES string of the molecule is CSCCC[C@]12CCC(=O)C=C1CC[C@@H]1C2=CC[C@]2(C)C(=O)CC[C@@H]12. The number of allylic oxidation sites excluding steroid dienone is 4. The fraction of sp³-hybridized carbons (Fsp3) is 0.727. The van der Waals surface area contributed by atoms with E-state index >= 15 is 0 Å². The summed E-state index contributed by atoms with van der Waals surface area (Å²) in [5, 5.41) is 0. The lowest BCUT2D eigenvalue weighted by Crippen LogP contribution is -2.45. The molecule has 0 spiro atoms. The topological polar surface area (TPSA) is 34.1 Å². The van der Waals surface area contributed by atoms with E-state index in [2.05, 4.69) is 19.3 Å². The highest BCUT2D eigenvalue weighted by molar-refractivity contribution is 7.98. The molecule has 0 radical (unpaired) electrons. The third-order valence-corrected chi connectivity index (χ3v) is 8.44. The van der Waals surface area contributed by atoms with Gasteiger partial charge in [0.2, 0.25) is 0 Å². The highest BCUT2D eigenvalue weighted by Gasteiger charge is 2.56. The number of ketones is 2. The van der Waals surface area contributed by atoms with Gasteiger partial charge in [-0.2, -0.15) is 11.8 Å². The van der Waals surface area contributed by atoms with E-state index in [1.807, 2.05) is 17.8 Å². The van der Waals surface area contributed by atoms with Crippen molar-refractivity contribution < 1.29 is 9.59 Å². The van der Waals surface area contributed by atoms with Crippen LogP contribution in [0.1, 0.15) is 64.7 Å². The first kappa shape index (κ1) is 17.6. The predicted octanol–water partition coefficient (Wildman–Crippen LogP) is 5.13. The van der Waals surface area contributed by atoms with Crippen molar-refractivity contribution in [2.75, 3.05) is 12.0 Å². The second-order valence-corrected chi connectivity index (χ2v) is 9.79. The molecule has 2 saturated carbocycles. The Labute approximate surface area is 155 Å². The van der Waals surface area contributed by atoms with Crippen LogP contribution >= 0.6 is 11.8 Å². The Hall–Kier alpha value is -0.830. The van der Waals surface area contributed by atoms with E-state index < -0.39 is 0 Å². The van der Waals surface area contributed by atoms with Gasteiger partial charge in [0.05, 0.1) is 0 Å². The van der Waals surface area contributed by atoms with Crippen LogP contribution in [-0.4, -0.2) is 23.6 Å². The van der Waals surface area contributed by atoms with Crippen LogP contribution < -0.4 is 0 Å². The van der Waals surface area contributed by atoms with Gasteiger partial charge in [0, 0.05) is 23.7 Å². The summed E-state index contributed by atoms with van der Waals surface area (Å²) < 4.78 is 0. The molecule has 0 saturated heterocycles. The van der Waals surface area contributed by atoms with Gasteiger partial charge >= 0.3 is 0 Å². The van der Waals surface area contributed by atoms with Crippen LogP contribution in [0, 0.1) is 22.7 Å². The largest absolute Gasteiger partial charge is 0.299 e. The molecule has 0 aliphatic heterocycles. The minimum atomic E-state index is -0.111. The van der Waals surface area contributed by atoms with Gasteiger partial charge in [-0.15, -0.1) is 0 Å².